The van der Waals surface area contributed by atoms with Gasteiger partial charge in [-0.1, -0.05) is 6.07 Å². The van der Waals surface area contributed by atoms with Crippen LogP contribution in [-0.4, -0.2) is 31.5 Å². The van der Waals surface area contributed by atoms with Crippen LogP contribution in [0.2, 0.25) is 0 Å². The lowest BCUT2D eigenvalue weighted by molar-refractivity contribution is -0.118. The van der Waals surface area contributed by atoms with Crippen molar-refractivity contribution in [1.29, 1.82) is 0 Å². The van der Waals surface area contributed by atoms with Crippen molar-refractivity contribution in [2.75, 3.05) is 16.6 Å². The second-order valence-electron chi connectivity index (χ2n) is 8.40. The second-order valence-corrected chi connectivity index (χ2v) is 10.1. The summed E-state index contributed by atoms with van der Waals surface area (Å²) in [7, 11) is -3.87. The average Bonchev–Trinajstić information content (AvgIpc) is 2.61. The predicted molar refractivity (Wildman–Crippen MR) is 115 cm³/mol. The van der Waals surface area contributed by atoms with Crippen molar-refractivity contribution in [2.45, 2.75) is 57.5 Å². The highest BCUT2D eigenvalue weighted by molar-refractivity contribution is 7.92. The van der Waals surface area contributed by atoms with Crippen molar-refractivity contribution in [1.82, 2.24) is 0 Å². The maximum absolute atomic E-state index is 13.2. The number of ketones is 1. The number of rotatable bonds is 6. The largest absolute Gasteiger partial charge is 0.389 e. The molecule has 0 saturated heterocycles. The van der Waals surface area contributed by atoms with E-state index in [1.165, 1.54) is 0 Å². The standard InChI is InChI=1S/C22H28N2O4S/c1-14-5-7-18(9-15(14)2)24-29(27,28)21-12-16-6-8-19(25)10-17(16)11-20(21)23-13-22(3,4)26/h5,7,9,11-12,23-24,26H,6,8,10,13H2,1-4H3. The Morgan fingerprint density at radius 2 is 1.76 bits per heavy atom. The molecule has 0 saturated carbocycles. The van der Waals surface area contributed by atoms with E-state index in [4.69, 9.17) is 0 Å². The van der Waals surface area contributed by atoms with Crippen LogP contribution in [0.4, 0.5) is 11.4 Å². The summed E-state index contributed by atoms with van der Waals surface area (Å²) in [4.78, 5) is 12.0. The lowest BCUT2D eigenvalue weighted by atomic mass is 9.90. The normalized spacial score (nSPS) is 14.4. The van der Waals surface area contributed by atoms with Gasteiger partial charge in [0, 0.05) is 25.1 Å². The Morgan fingerprint density at radius 3 is 2.41 bits per heavy atom. The van der Waals surface area contributed by atoms with E-state index in [-0.39, 0.29) is 17.2 Å². The predicted octanol–water partition coefficient (Wildman–Crippen LogP) is 3.34. The molecular formula is C22H28N2O4S. The quantitative estimate of drug-likeness (QED) is 0.671. The van der Waals surface area contributed by atoms with Crippen LogP contribution in [0.1, 0.15) is 42.5 Å². The van der Waals surface area contributed by atoms with E-state index < -0.39 is 15.6 Å². The zero-order valence-electron chi connectivity index (χ0n) is 17.3. The van der Waals surface area contributed by atoms with Gasteiger partial charge in [-0.25, -0.2) is 8.42 Å². The molecule has 7 heteroatoms. The smallest absolute Gasteiger partial charge is 0.263 e. The summed E-state index contributed by atoms with van der Waals surface area (Å²) < 4.78 is 29.1. The highest BCUT2D eigenvalue weighted by atomic mass is 32.2. The highest BCUT2D eigenvalue weighted by Crippen LogP contribution is 2.31. The fourth-order valence-corrected chi connectivity index (χ4v) is 4.59. The van der Waals surface area contributed by atoms with Gasteiger partial charge in [-0.2, -0.15) is 0 Å². The number of fused-ring (bicyclic) bond motifs is 1. The van der Waals surface area contributed by atoms with Gasteiger partial charge >= 0.3 is 0 Å². The van der Waals surface area contributed by atoms with Crippen molar-refractivity contribution in [3.63, 3.8) is 0 Å². The van der Waals surface area contributed by atoms with E-state index in [9.17, 15) is 18.3 Å². The molecule has 29 heavy (non-hydrogen) atoms. The molecule has 2 aromatic rings. The molecule has 0 heterocycles. The van der Waals surface area contributed by atoms with E-state index in [1.54, 1.807) is 38.1 Å². The number of Topliss-reactive ketones (excluding diaryl/α,β-unsaturated/α-hetero) is 1. The Labute approximate surface area is 172 Å². The summed E-state index contributed by atoms with van der Waals surface area (Å²) in [5, 5.41) is 13.1. The van der Waals surface area contributed by atoms with Crippen LogP contribution >= 0.6 is 0 Å². The fourth-order valence-electron chi connectivity index (χ4n) is 3.33. The molecule has 0 atom stereocenters. The molecule has 0 aromatic heterocycles. The Hall–Kier alpha value is -2.38. The number of nitrogens with one attached hydrogen (secondary N) is 2. The van der Waals surface area contributed by atoms with Crippen LogP contribution in [0.25, 0.3) is 0 Å². The van der Waals surface area contributed by atoms with E-state index in [0.717, 1.165) is 22.3 Å². The number of aryl methyl sites for hydroxylation is 3. The maximum atomic E-state index is 13.2. The Balaban J connectivity index is 2.02. The lowest BCUT2D eigenvalue weighted by Crippen LogP contribution is -2.30. The van der Waals surface area contributed by atoms with Gasteiger partial charge in [0.25, 0.3) is 10.0 Å². The minimum Gasteiger partial charge on any atom is -0.389 e. The molecule has 0 aliphatic heterocycles. The van der Waals surface area contributed by atoms with Gasteiger partial charge in [0.1, 0.15) is 10.7 Å². The van der Waals surface area contributed by atoms with Crippen LogP contribution in [0.15, 0.2) is 35.2 Å². The minimum absolute atomic E-state index is 0.119. The number of carbonyl (C=O) groups is 1. The molecule has 0 bridgehead atoms. The molecule has 3 rings (SSSR count). The molecule has 0 unspecified atom stereocenters. The molecule has 2 aromatic carbocycles. The van der Waals surface area contributed by atoms with Gasteiger partial charge in [-0.05, 0) is 80.6 Å². The third kappa shape index (κ3) is 5.16. The van der Waals surface area contributed by atoms with Crippen molar-refractivity contribution in [3.8, 4) is 0 Å². The van der Waals surface area contributed by atoms with Gasteiger partial charge in [-0.3, -0.25) is 9.52 Å². The Bertz CT molecular complexity index is 1050. The van der Waals surface area contributed by atoms with Crippen LogP contribution in [0.5, 0.6) is 0 Å². The molecule has 3 N–H and O–H groups in total. The molecule has 0 spiro atoms. The first-order valence-electron chi connectivity index (χ1n) is 9.68. The summed E-state index contributed by atoms with van der Waals surface area (Å²) in [5.74, 6) is 0.148. The van der Waals surface area contributed by atoms with Gasteiger partial charge in [-0.15, -0.1) is 0 Å². The molecule has 6 nitrogen and oxygen atoms in total. The monoisotopic (exact) mass is 416 g/mol. The topological polar surface area (TPSA) is 95.5 Å². The number of benzene rings is 2. The van der Waals surface area contributed by atoms with Gasteiger partial charge in [0.2, 0.25) is 0 Å². The average molecular weight is 417 g/mol. The number of sulfonamides is 1. The maximum Gasteiger partial charge on any atom is 0.263 e. The highest BCUT2D eigenvalue weighted by Gasteiger charge is 2.25. The summed E-state index contributed by atoms with van der Waals surface area (Å²) in [6.45, 7) is 7.36. The van der Waals surface area contributed by atoms with Crippen LogP contribution in [-0.2, 0) is 27.7 Å². The molecule has 0 fully saturated rings. The fraction of sp³-hybridized carbons (Fsp3) is 0.409. The van der Waals surface area contributed by atoms with Gasteiger partial charge in [0.15, 0.2) is 0 Å². The van der Waals surface area contributed by atoms with Crippen molar-refractivity contribution >= 4 is 27.2 Å². The molecule has 156 valence electrons. The third-order valence-corrected chi connectivity index (χ3v) is 6.54. The van der Waals surface area contributed by atoms with E-state index in [2.05, 4.69) is 10.0 Å². The van der Waals surface area contributed by atoms with E-state index >= 15 is 0 Å². The number of carbonyl (C=O) groups excluding carboxylic acids is 1. The summed E-state index contributed by atoms with van der Waals surface area (Å²) in [6, 6.07) is 8.79. The van der Waals surface area contributed by atoms with Crippen LogP contribution in [0.3, 0.4) is 0 Å². The zero-order valence-corrected chi connectivity index (χ0v) is 18.1. The third-order valence-electron chi connectivity index (χ3n) is 5.12. The SMILES string of the molecule is Cc1ccc(NS(=O)(=O)c2cc3c(cc2NCC(C)(C)O)CC(=O)CC3)cc1C. The van der Waals surface area contributed by atoms with Crippen LogP contribution < -0.4 is 10.0 Å². The molecule has 0 radical (unpaired) electrons. The van der Waals surface area contributed by atoms with E-state index in [1.807, 2.05) is 19.9 Å². The number of anilines is 2. The van der Waals surface area contributed by atoms with Crippen LogP contribution in [0, 0.1) is 13.8 Å². The van der Waals surface area contributed by atoms with Crippen molar-refractivity contribution in [3.05, 3.63) is 52.6 Å². The first-order valence-corrected chi connectivity index (χ1v) is 11.2. The lowest BCUT2D eigenvalue weighted by Gasteiger charge is -2.23. The number of hydrogen-bond acceptors (Lipinski definition) is 5. The zero-order chi connectivity index (χ0) is 21.4. The first-order chi connectivity index (χ1) is 13.4. The molecule has 1 aliphatic carbocycles. The summed E-state index contributed by atoms with van der Waals surface area (Å²) in [6.07, 6.45) is 1.26. The molecular weight excluding hydrogens is 388 g/mol. The molecule has 0 amide bonds. The van der Waals surface area contributed by atoms with Crippen molar-refractivity contribution < 1.29 is 18.3 Å². The van der Waals surface area contributed by atoms with Crippen molar-refractivity contribution in [2.24, 2.45) is 0 Å². The summed E-state index contributed by atoms with van der Waals surface area (Å²) in [5.41, 5.74) is 3.65. The first kappa shape index (κ1) is 21.3. The van der Waals surface area contributed by atoms with E-state index in [0.29, 0.717) is 30.6 Å². The van der Waals surface area contributed by atoms with Gasteiger partial charge in [0.05, 0.1) is 11.3 Å². The van der Waals surface area contributed by atoms with Gasteiger partial charge < -0.3 is 10.4 Å². The Morgan fingerprint density at radius 1 is 1.03 bits per heavy atom. The minimum atomic E-state index is -3.87. The number of aliphatic hydroxyl groups is 1. The second kappa shape index (κ2) is 7.80. The summed E-state index contributed by atoms with van der Waals surface area (Å²) >= 11 is 0. The number of hydrogen-bond donors (Lipinski definition) is 3. The molecule has 1 aliphatic rings. The Kier molecular flexibility index (Phi) is 5.74.